The fraction of sp³-hybridized carbons (Fsp3) is 0.474. The van der Waals surface area contributed by atoms with Gasteiger partial charge in [-0.2, -0.15) is 0 Å². The number of hydrogen-bond donors (Lipinski definition) is 1. The summed E-state index contributed by atoms with van der Waals surface area (Å²) in [5.74, 6) is 0. The smallest absolute Gasteiger partial charge is 0.240 e. The average molecular weight is 378 g/mol. The quantitative estimate of drug-likeness (QED) is 0.801. The lowest BCUT2D eigenvalue weighted by Gasteiger charge is -2.34. The third-order valence-corrected chi connectivity index (χ3v) is 6.36. The van der Waals surface area contributed by atoms with Gasteiger partial charge in [-0.3, -0.25) is 4.90 Å². The number of ether oxygens (including phenoxy) is 1. The Balaban J connectivity index is 1.77. The van der Waals surface area contributed by atoms with Gasteiger partial charge in [-0.25, -0.2) is 13.1 Å². The van der Waals surface area contributed by atoms with Crippen molar-refractivity contribution in [3.63, 3.8) is 0 Å². The molecule has 0 spiro atoms. The van der Waals surface area contributed by atoms with Gasteiger partial charge >= 0.3 is 0 Å². The van der Waals surface area contributed by atoms with Gasteiger partial charge in [0.2, 0.25) is 10.0 Å². The Hall–Kier alpha value is -1.67. The Morgan fingerprint density at radius 2 is 1.85 bits per heavy atom. The Kier molecular flexibility index (Phi) is 6.13. The molecule has 7 heteroatoms. The molecule has 6 nitrogen and oxygen atoms in total. The molecule has 2 heterocycles. The van der Waals surface area contributed by atoms with Crippen molar-refractivity contribution in [1.29, 1.82) is 0 Å². The van der Waals surface area contributed by atoms with Crippen molar-refractivity contribution in [2.24, 2.45) is 7.05 Å². The van der Waals surface area contributed by atoms with E-state index in [4.69, 9.17) is 4.74 Å². The topological polar surface area (TPSA) is 63.6 Å². The minimum atomic E-state index is -3.54. The molecular formula is C19H27N3O3S. The number of morpholine rings is 1. The zero-order chi connectivity index (χ0) is 18.6. The first-order valence-electron chi connectivity index (χ1n) is 9.03. The van der Waals surface area contributed by atoms with E-state index in [0.29, 0.717) is 24.7 Å². The highest BCUT2D eigenvalue weighted by atomic mass is 32.2. The second kappa shape index (κ2) is 8.35. The number of sulfonamides is 1. The summed E-state index contributed by atoms with van der Waals surface area (Å²) in [5, 5.41) is 0. The lowest BCUT2D eigenvalue weighted by molar-refractivity contribution is 0.0158. The second-order valence-corrected chi connectivity index (χ2v) is 8.32. The molecule has 0 aliphatic carbocycles. The second-order valence-electron chi connectivity index (χ2n) is 6.56. The first kappa shape index (κ1) is 19.1. The molecule has 0 radical (unpaired) electrons. The van der Waals surface area contributed by atoms with Crippen LogP contribution in [0.25, 0.3) is 0 Å². The molecule has 1 fully saturated rings. The van der Waals surface area contributed by atoms with E-state index in [1.54, 1.807) is 12.1 Å². The zero-order valence-electron chi connectivity index (χ0n) is 15.4. The molecule has 0 bridgehead atoms. The molecule has 1 saturated heterocycles. The van der Waals surface area contributed by atoms with Crippen LogP contribution in [0.4, 0.5) is 0 Å². The van der Waals surface area contributed by atoms with Crippen LogP contribution < -0.4 is 4.72 Å². The van der Waals surface area contributed by atoms with Crippen molar-refractivity contribution in [3.05, 3.63) is 53.9 Å². The summed E-state index contributed by atoms with van der Waals surface area (Å²) in [6.07, 6.45) is 2.88. The van der Waals surface area contributed by atoms with Crippen LogP contribution in [0.1, 0.15) is 24.2 Å². The summed E-state index contributed by atoms with van der Waals surface area (Å²) in [6, 6.07) is 11.1. The maximum Gasteiger partial charge on any atom is 0.240 e. The number of nitrogens with zero attached hydrogens (tertiary/aromatic N) is 2. The monoisotopic (exact) mass is 377 g/mol. The summed E-state index contributed by atoms with van der Waals surface area (Å²) in [5.41, 5.74) is 2.22. The van der Waals surface area contributed by atoms with Crippen LogP contribution in [-0.2, 0) is 28.2 Å². The molecule has 1 N–H and O–H groups in total. The van der Waals surface area contributed by atoms with Crippen LogP contribution in [0, 0.1) is 0 Å². The molecule has 1 aliphatic heterocycles. The van der Waals surface area contributed by atoms with E-state index in [9.17, 15) is 8.42 Å². The Morgan fingerprint density at radius 3 is 2.42 bits per heavy atom. The van der Waals surface area contributed by atoms with Crippen molar-refractivity contribution >= 4 is 10.0 Å². The van der Waals surface area contributed by atoms with E-state index in [2.05, 4.69) is 16.5 Å². The molecular weight excluding hydrogens is 350 g/mol. The predicted molar refractivity (Wildman–Crippen MR) is 102 cm³/mol. The lowest BCUT2D eigenvalue weighted by Crippen LogP contribution is -2.44. The number of aryl methyl sites for hydroxylation is 2. The van der Waals surface area contributed by atoms with E-state index in [1.807, 2.05) is 42.1 Å². The van der Waals surface area contributed by atoms with E-state index < -0.39 is 10.0 Å². The van der Waals surface area contributed by atoms with Gasteiger partial charge in [-0.1, -0.05) is 19.1 Å². The largest absolute Gasteiger partial charge is 0.379 e. The fourth-order valence-corrected chi connectivity index (χ4v) is 4.34. The predicted octanol–water partition coefficient (Wildman–Crippen LogP) is 1.94. The SMILES string of the molecule is CCc1ccc(S(=O)(=O)NCC(c2cccn2C)N2CCOCC2)cc1. The highest BCUT2D eigenvalue weighted by Crippen LogP contribution is 2.22. The van der Waals surface area contributed by atoms with Crippen LogP contribution in [0.15, 0.2) is 47.5 Å². The van der Waals surface area contributed by atoms with Gasteiger partial charge in [-0.05, 0) is 36.2 Å². The third-order valence-electron chi connectivity index (χ3n) is 4.92. The highest BCUT2D eigenvalue weighted by molar-refractivity contribution is 7.89. The van der Waals surface area contributed by atoms with Crippen LogP contribution >= 0.6 is 0 Å². The summed E-state index contributed by atoms with van der Waals surface area (Å²) in [6.45, 7) is 5.31. The molecule has 0 saturated carbocycles. The van der Waals surface area contributed by atoms with Gasteiger partial charge in [0, 0.05) is 38.6 Å². The first-order chi connectivity index (χ1) is 12.5. The molecule has 2 aromatic rings. The Labute approximate surface area is 155 Å². The standard InChI is InChI=1S/C19H27N3O3S/c1-3-16-6-8-17(9-7-16)26(23,24)20-15-19(18-5-4-10-21(18)2)22-11-13-25-14-12-22/h4-10,19-20H,3,11-15H2,1-2H3. The zero-order valence-corrected chi connectivity index (χ0v) is 16.2. The highest BCUT2D eigenvalue weighted by Gasteiger charge is 2.26. The van der Waals surface area contributed by atoms with Crippen LogP contribution in [0.2, 0.25) is 0 Å². The van der Waals surface area contributed by atoms with E-state index in [-0.39, 0.29) is 6.04 Å². The van der Waals surface area contributed by atoms with Crippen LogP contribution in [0.5, 0.6) is 0 Å². The number of benzene rings is 1. The minimum absolute atomic E-state index is 0.0245. The molecule has 3 rings (SSSR count). The molecule has 1 atom stereocenters. The number of nitrogens with one attached hydrogen (secondary N) is 1. The van der Waals surface area contributed by atoms with E-state index in [0.717, 1.165) is 30.8 Å². The maximum absolute atomic E-state index is 12.7. The van der Waals surface area contributed by atoms with Crippen molar-refractivity contribution in [2.45, 2.75) is 24.3 Å². The minimum Gasteiger partial charge on any atom is -0.379 e. The van der Waals surface area contributed by atoms with Gasteiger partial charge in [0.1, 0.15) is 0 Å². The summed E-state index contributed by atoms with van der Waals surface area (Å²) in [7, 11) is -1.55. The molecule has 1 unspecified atom stereocenters. The Bertz CT molecular complexity index is 809. The molecule has 142 valence electrons. The number of aromatic nitrogens is 1. The normalized spacial score (nSPS) is 17.3. The van der Waals surface area contributed by atoms with E-state index >= 15 is 0 Å². The van der Waals surface area contributed by atoms with Gasteiger partial charge in [-0.15, -0.1) is 0 Å². The van der Waals surface area contributed by atoms with Crippen molar-refractivity contribution in [3.8, 4) is 0 Å². The van der Waals surface area contributed by atoms with Crippen LogP contribution in [-0.4, -0.2) is 50.7 Å². The molecule has 1 aromatic heterocycles. The van der Waals surface area contributed by atoms with E-state index in [1.165, 1.54) is 0 Å². The lowest BCUT2D eigenvalue weighted by atomic mass is 10.1. The number of hydrogen-bond acceptors (Lipinski definition) is 4. The summed E-state index contributed by atoms with van der Waals surface area (Å²) in [4.78, 5) is 2.59. The molecule has 1 aliphatic rings. The van der Waals surface area contributed by atoms with Crippen molar-refractivity contribution < 1.29 is 13.2 Å². The van der Waals surface area contributed by atoms with Gasteiger partial charge in [0.15, 0.2) is 0 Å². The first-order valence-corrected chi connectivity index (χ1v) is 10.5. The van der Waals surface area contributed by atoms with Crippen LogP contribution in [0.3, 0.4) is 0 Å². The summed E-state index contributed by atoms with van der Waals surface area (Å²) < 4.78 is 35.7. The van der Waals surface area contributed by atoms with Gasteiger partial charge < -0.3 is 9.30 Å². The third kappa shape index (κ3) is 4.35. The molecule has 0 amide bonds. The molecule has 1 aromatic carbocycles. The fourth-order valence-electron chi connectivity index (χ4n) is 3.31. The number of rotatable bonds is 7. The van der Waals surface area contributed by atoms with Gasteiger partial charge in [0.25, 0.3) is 0 Å². The van der Waals surface area contributed by atoms with Crippen molar-refractivity contribution in [1.82, 2.24) is 14.2 Å². The summed E-state index contributed by atoms with van der Waals surface area (Å²) >= 11 is 0. The van der Waals surface area contributed by atoms with Gasteiger partial charge in [0.05, 0.1) is 24.2 Å². The maximum atomic E-state index is 12.7. The Morgan fingerprint density at radius 1 is 1.15 bits per heavy atom. The van der Waals surface area contributed by atoms with Crippen molar-refractivity contribution in [2.75, 3.05) is 32.8 Å². The molecule has 26 heavy (non-hydrogen) atoms. The average Bonchev–Trinajstić information content (AvgIpc) is 3.08.